The van der Waals surface area contributed by atoms with Crippen LogP contribution in [0.15, 0.2) is 78.9 Å². The lowest BCUT2D eigenvalue weighted by Crippen LogP contribution is -2.25. The molecule has 0 atom stereocenters. The minimum atomic E-state index is -0.257. The van der Waals surface area contributed by atoms with Crippen molar-refractivity contribution in [2.24, 2.45) is 0 Å². The molecule has 0 unspecified atom stereocenters. The van der Waals surface area contributed by atoms with Gasteiger partial charge >= 0.3 is 0 Å². The van der Waals surface area contributed by atoms with Crippen molar-refractivity contribution in [3.63, 3.8) is 0 Å². The lowest BCUT2D eigenvalue weighted by Gasteiger charge is -2.13. The van der Waals surface area contributed by atoms with E-state index in [4.69, 9.17) is 4.74 Å². The van der Waals surface area contributed by atoms with Gasteiger partial charge in [0.1, 0.15) is 0 Å². The fourth-order valence-electron chi connectivity index (χ4n) is 2.93. The van der Waals surface area contributed by atoms with Crippen LogP contribution in [-0.4, -0.2) is 18.4 Å². The van der Waals surface area contributed by atoms with Gasteiger partial charge in [0.2, 0.25) is 0 Å². The molecule has 2 N–H and O–H groups in total. The molecule has 2 amide bonds. The van der Waals surface area contributed by atoms with Crippen molar-refractivity contribution < 1.29 is 14.3 Å². The number of ether oxygens (including phenoxy) is 1. The summed E-state index contributed by atoms with van der Waals surface area (Å²) >= 11 is 0. The highest BCUT2D eigenvalue weighted by Gasteiger charge is 2.14. The van der Waals surface area contributed by atoms with Crippen LogP contribution in [0, 0.1) is 0 Å². The number of carbonyl (C=O) groups excluding carboxylic acids is 2. The van der Waals surface area contributed by atoms with E-state index in [1.807, 2.05) is 37.3 Å². The van der Waals surface area contributed by atoms with Crippen LogP contribution in [0.4, 0.5) is 5.69 Å². The Morgan fingerprint density at radius 2 is 1.45 bits per heavy atom. The number of amides is 2. The van der Waals surface area contributed by atoms with E-state index in [9.17, 15) is 9.59 Å². The van der Waals surface area contributed by atoms with Crippen LogP contribution in [0.25, 0.3) is 0 Å². The summed E-state index contributed by atoms with van der Waals surface area (Å²) < 4.78 is 5.50. The molecule has 0 fully saturated rings. The van der Waals surface area contributed by atoms with E-state index in [-0.39, 0.29) is 11.8 Å². The van der Waals surface area contributed by atoms with Gasteiger partial charge in [0.05, 0.1) is 17.9 Å². The maximum absolute atomic E-state index is 12.8. The summed E-state index contributed by atoms with van der Waals surface area (Å²) in [6, 6.07) is 23.7. The maximum Gasteiger partial charge on any atom is 0.255 e. The zero-order chi connectivity index (χ0) is 20.5. The van der Waals surface area contributed by atoms with Crippen LogP contribution in [0.5, 0.6) is 0 Å². The number of para-hydroxylation sites is 1. The first-order valence-electron chi connectivity index (χ1n) is 9.57. The Labute approximate surface area is 170 Å². The molecular weight excluding hydrogens is 364 g/mol. The summed E-state index contributed by atoms with van der Waals surface area (Å²) in [4.78, 5) is 25.2. The van der Waals surface area contributed by atoms with Gasteiger partial charge in [-0.15, -0.1) is 0 Å². The first-order valence-corrected chi connectivity index (χ1v) is 9.57. The normalized spacial score (nSPS) is 10.4. The first-order chi connectivity index (χ1) is 14.2. The van der Waals surface area contributed by atoms with Crippen molar-refractivity contribution >= 4 is 17.5 Å². The third-order valence-corrected chi connectivity index (χ3v) is 4.48. The van der Waals surface area contributed by atoms with E-state index in [0.29, 0.717) is 36.6 Å². The molecule has 3 aromatic rings. The van der Waals surface area contributed by atoms with E-state index in [1.165, 1.54) is 0 Å². The van der Waals surface area contributed by atoms with Crippen molar-refractivity contribution in [3.05, 3.63) is 101 Å². The zero-order valence-corrected chi connectivity index (χ0v) is 16.4. The Kier molecular flexibility index (Phi) is 7.14. The van der Waals surface area contributed by atoms with Crippen molar-refractivity contribution in [2.75, 3.05) is 11.9 Å². The second-order valence-electron chi connectivity index (χ2n) is 6.45. The molecule has 0 aliphatic rings. The lowest BCUT2D eigenvalue weighted by molar-refractivity contribution is 0.0950. The van der Waals surface area contributed by atoms with Gasteiger partial charge in [-0.25, -0.2) is 0 Å². The minimum absolute atomic E-state index is 0.250. The molecule has 0 aliphatic heterocycles. The predicted molar refractivity (Wildman–Crippen MR) is 114 cm³/mol. The zero-order valence-electron chi connectivity index (χ0n) is 16.4. The summed E-state index contributed by atoms with van der Waals surface area (Å²) in [7, 11) is 0. The molecule has 5 nitrogen and oxygen atoms in total. The van der Waals surface area contributed by atoms with Crippen LogP contribution in [0.2, 0.25) is 0 Å². The van der Waals surface area contributed by atoms with Gasteiger partial charge in [-0.05, 0) is 42.3 Å². The number of hydrogen-bond acceptors (Lipinski definition) is 3. The fraction of sp³-hybridized carbons (Fsp3) is 0.167. The van der Waals surface area contributed by atoms with Crippen molar-refractivity contribution in [1.29, 1.82) is 0 Å². The Hall–Kier alpha value is -3.44. The largest absolute Gasteiger partial charge is 0.377 e. The Bertz CT molecular complexity index is 971. The summed E-state index contributed by atoms with van der Waals surface area (Å²) in [5.74, 6) is -0.506. The Balaban J connectivity index is 1.70. The van der Waals surface area contributed by atoms with E-state index >= 15 is 0 Å². The van der Waals surface area contributed by atoms with Crippen molar-refractivity contribution in [3.8, 4) is 0 Å². The summed E-state index contributed by atoms with van der Waals surface area (Å²) in [6.45, 7) is 3.47. The monoisotopic (exact) mass is 388 g/mol. The van der Waals surface area contributed by atoms with Gasteiger partial charge in [-0.2, -0.15) is 0 Å². The molecule has 0 saturated heterocycles. The number of carbonyl (C=O) groups is 2. The van der Waals surface area contributed by atoms with Gasteiger partial charge < -0.3 is 15.4 Å². The van der Waals surface area contributed by atoms with Crippen LogP contribution in [-0.2, 0) is 17.9 Å². The topological polar surface area (TPSA) is 67.4 Å². The fourth-order valence-corrected chi connectivity index (χ4v) is 2.93. The van der Waals surface area contributed by atoms with Crippen molar-refractivity contribution in [1.82, 2.24) is 5.32 Å². The third kappa shape index (κ3) is 5.53. The molecule has 148 valence electrons. The second-order valence-corrected chi connectivity index (χ2v) is 6.45. The van der Waals surface area contributed by atoms with Gasteiger partial charge in [-0.3, -0.25) is 9.59 Å². The number of rotatable bonds is 8. The minimum Gasteiger partial charge on any atom is -0.377 e. The van der Waals surface area contributed by atoms with Crippen LogP contribution in [0.3, 0.4) is 0 Å². The quantitative estimate of drug-likeness (QED) is 0.601. The molecular formula is C24H24N2O3. The SMILES string of the molecule is CCOCc1ccccc1CNC(=O)c1ccccc1NC(=O)c1ccccc1. The van der Waals surface area contributed by atoms with Crippen LogP contribution in [0.1, 0.15) is 38.8 Å². The molecule has 0 saturated carbocycles. The van der Waals surface area contributed by atoms with Crippen LogP contribution >= 0.6 is 0 Å². The number of benzene rings is 3. The van der Waals surface area contributed by atoms with Gasteiger partial charge in [0, 0.05) is 18.7 Å². The molecule has 0 spiro atoms. The van der Waals surface area contributed by atoms with Gasteiger partial charge in [0.25, 0.3) is 11.8 Å². The highest BCUT2D eigenvalue weighted by atomic mass is 16.5. The van der Waals surface area contributed by atoms with Gasteiger partial charge in [0.15, 0.2) is 0 Å². The molecule has 3 rings (SSSR count). The maximum atomic E-state index is 12.8. The lowest BCUT2D eigenvalue weighted by atomic mass is 10.1. The highest BCUT2D eigenvalue weighted by molar-refractivity contribution is 6.08. The molecule has 29 heavy (non-hydrogen) atoms. The van der Waals surface area contributed by atoms with E-state index in [2.05, 4.69) is 10.6 Å². The molecule has 0 heterocycles. The predicted octanol–water partition coefficient (Wildman–Crippen LogP) is 4.41. The van der Waals surface area contributed by atoms with E-state index in [0.717, 1.165) is 11.1 Å². The molecule has 0 bridgehead atoms. The third-order valence-electron chi connectivity index (χ3n) is 4.48. The number of hydrogen-bond donors (Lipinski definition) is 2. The Morgan fingerprint density at radius 3 is 2.21 bits per heavy atom. The molecule has 0 aliphatic carbocycles. The van der Waals surface area contributed by atoms with Crippen LogP contribution < -0.4 is 10.6 Å². The average molecular weight is 388 g/mol. The molecule has 3 aromatic carbocycles. The molecule has 0 aromatic heterocycles. The smallest absolute Gasteiger partial charge is 0.255 e. The second kappa shape index (κ2) is 10.2. The Morgan fingerprint density at radius 1 is 0.793 bits per heavy atom. The van der Waals surface area contributed by atoms with E-state index < -0.39 is 0 Å². The van der Waals surface area contributed by atoms with E-state index in [1.54, 1.807) is 48.5 Å². The average Bonchev–Trinajstić information content (AvgIpc) is 2.77. The summed E-state index contributed by atoms with van der Waals surface area (Å²) in [5.41, 5.74) is 3.47. The van der Waals surface area contributed by atoms with Crippen molar-refractivity contribution in [2.45, 2.75) is 20.1 Å². The summed E-state index contributed by atoms with van der Waals surface area (Å²) in [6.07, 6.45) is 0. The number of nitrogens with one attached hydrogen (secondary N) is 2. The standard InChI is InChI=1S/C24H24N2O3/c1-2-29-17-20-13-7-6-12-19(20)16-25-24(28)21-14-8-9-15-22(21)26-23(27)18-10-4-3-5-11-18/h3-15H,2,16-17H2,1H3,(H,25,28)(H,26,27). The highest BCUT2D eigenvalue weighted by Crippen LogP contribution is 2.17. The summed E-state index contributed by atoms with van der Waals surface area (Å²) in [5, 5.41) is 5.77. The first kappa shape index (κ1) is 20.3. The molecule has 0 radical (unpaired) electrons. The number of anilines is 1. The van der Waals surface area contributed by atoms with Gasteiger partial charge in [-0.1, -0.05) is 54.6 Å². The molecule has 5 heteroatoms.